The number of rotatable bonds is 5. The van der Waals surface area contributed by atoms with E-state index in [1.165, 1.54) is 4.90 Å². The van der Waals surface area contributed by atoms with Crippen molar-refractivity contribution in [3.63, 3.8) is 0 Å². The molecule has 2 aromatic rings. The number of hydrogen-bond donors (Lipinski definition) is 0. The van der Waals surface area contributed by atoms with Crippen molar-refractivity contribution in [3.8, 4) is 11.5 Å². The van der Waals surface area contributed by atoms with Crippen LogP contribution >= 0.6 is 11.8 Å². The van der Waals surface area contributed by atoms with E-state index in [-0.39, 0.29) is 17.3 Å². The normalized spacial score (nSPS) is 21.6. The predicted octanol–water partition coefficient (Wildman–Crippen LogP) is 3.68. The number of ether oxygens (including phenoxy) is 2. The lowest BCUT2D eigenvalue weighted by atomic mass is 10.2. The molecule has 2 fully saturated rings. The third-order valence-corrected chi connectivity index (χ3v) is 6.05. The number of amides is 3. The number of imide groups is 1. The summed E-state index contributed by atoms with van der Waals surface area (Å²) in [4.78, 5) is 28.9. The van der Waals surface area contributed by atoms with E-state index in [1.807, 2.05) is 31.2 Å². The van der Waals surface area contributed by atoms with E-state index in [1.54, 1.807) is 48.0 Å². The van der Waals surface area contributed by atoms with Crippen molar-refractivity contribution in [1.82, 2.24) is 4.90 Å². The van der Waals surface area contributed by atoms with Crippen molar-refractivity contribution in [2.75, 3.05) is 24.4 Å². The molecule has 0 aromatic heterocycles. The van der Waals surface area contributed by atoms with Crippen molar-refractivity contribution >= 4 is 29.4 Å². The molecule has 2 aliphatic heterocycles. The van der Waals surface area contributed by atoms with Gasteiger partial charge in [0.2, 0.25) is 0 Å². The molecule has 140 valence electrons. The molecule has 2 atom stereocenters. The fourth-order valence-electron chi connectivity index (χ4n) is 3.41. The van der Waals surface area contributed by atoms with E-state index >= 15 is 0 Å². The highest BCUT2D eigenvalue weighted by Crippen LogP contribution is 2.46. The molecule has 0 radical (unpaired) electrons. The molecular weight excluding hydrogens is 364 g/mol. The maximum absolute atomic E-state index is 13.1. The van der Waals surface area contributed by atoms with Gasteiger partial charge in [-0.3, -0.25) is 9.69 Å². The Kier molecular flexibility index (Phi) is 4.70. The van der Waals surface area contributed by atoms with Gasteiger partial charge in [-0.15, -0.1) is 11.8 Å². The third kappa shape index (κ3) is 3.02. The molecule has 27 heavy (non-hydrogen) atoms. The number of methoxy groups -OCH3 is 1. The number of urea groups is 1. The van der Waals surface area contributed by atoms with Crippen LogP contribution in [0.2, 0.25) is 0 Å². The molecule has 2 heterocycles. The maximum Gasteiger partial charge on any atom is 0.333 e. The average Bonchev–Trinajstić information content (AvgIpc) is 3.23. The van der Waals surface area contributed by atoms with Crippen LogP contribution in [0.25, 0.3) is 0 Å². The molecule has 0 spiro atoms. The van der Waals surface area contributed by atoms with Crippen molar-refractivity contribution < 1.29 is 19.1 Å². The first-order chi connectivity index (χ1) is 13.1. The Morgan fingerprint density at radius 1 is 1.04 bits per heavy atom. The van der Waals surface area contributed by atoms with Crippen LogP contribution < -0.4 is 14.4 Å². The Morgan fingerprint density at radius 2 is 1.70 bits per heavy atom. The molecule has 0 N–H and O–H groups in total. The van der Waals surface area contributed by atoms with Gasteiger partial charge in [-0.25, -0.2) is 9.69 Å². The average molecular weight is 384 g/mol. The SMILES string of the molecule is CCOc1ccc(C2SCC3C(=O)N(c4ccc(OC)cc4)C(=O)N32)cc1. The summed E-state index contributed by atoms with van der Waals surface area (Å²) in [6.45, 7) is 2.54. The van der Waals surface area contributed by atoms with Crippen molar-refractivity contribution in [1.29, 1.82) is 0 Å². The molecule has 6 nitrogen and oxygen atoms in total. The second-order valence-electron chi connectivity index (χ2n) is 6.27. The van der Waals surface area contributed by atoms with E-state index in [0.717, 1.165) is 11.3 Å². The Balaban J connectivity index is 1.59. The van der Waals surface area contributed by atoms with Gasteiger partial charge in [0.25, 0.3) is 5.91 Å². The van der Waals surface area contributed by atoms with Crippen LogP contribution in [0.15, 0.2) is 48.5 Å². The van der Waals surface area contributed by atoms with Gasteiger partial charge < -0.3 is 9.47 Å². The number of fused-ring (bicyclic) bond motifs is 1. The van der Waals surface area contributed by atoms with E-state index in [9.17, 15) is 9.59 Å². The number of hydrogen-bond acceptors (Lipinski definition) is 5. The van der Waals surface area contributed by atoms with E-state index in [2.05, 4.69) is 0 Å². The van der Waals surface area contributed by atoms with Gasteiger partial charge in [0.05, 0.1) is 19.4 Å². The largest absolute Gasteiger partial charge is 0.497 e. The van der Waals surface area contributed by atoms with Crippen LogP contribution in [0.1, 0.15) is 17.9 Å². The standard InChI is InChI=1S/C20H20N2O4S/c1-3-26-16-8-4-13(5-9-16)19-22-17(12-27-19)18(23)21(20(22)24)14-6-10-15(25-2)11-7-14/h4-11,17,19H,3,12H2,1-2H3. The van der Waals surface area contributed by atoms with Crippen molar-refractivity contribution in [2.24, 2.45) is 0 Å². The third-order valence-electron chi connectivity index (χ3n) is 4.72. The monoisotopic (exact) mass is 384 g/mol. The number of thioether (sulfide) groups is 1. The minimum absolute atomic E-state index is 0.175. The first-order valence-electron chi connectivity index (χ1n) is 8.78. The predicted molar refractivity (Wildman–Crippen MR) is 104 cm³/mol. The van der Waals surface area contributed by atoms with Gasteiger partial charge in [0.15, 0.2) is 0 Å². The van der Waals surface area contributed by atoms with Crippen LogP contribution in [-0.4, -0.2) is 42.3 Å². The number of nitrogens with zero attached hydrogens (tertiary/aromatic N) is 2. The Hall–Kier alpha value is -2.67. The zero-order chi connectivity index (χ0) is 19.0. The molecule has 0 bridgehead atoms. The first kappa shape index (κ1) is 17.7. The van der Waals surface area contributed by atoms with E-state index in [4.69, 9.17) is 9.47 Å². The summed E-state index contributed by atoms with van der Waals surface area (Å²) >= 11 is 1.61. The number of carbonyl (C=O) groups is 2. The van der Waals surface area contributed by atoms with Gasteiger partial charge in [0.1, 0.15) is 22.9 Å². The fourth-order valence-corrected chi connectivity index (χ4v) is 4.83. The molecule has 2 aromatic carbocycles. The van der Waals surface area contributed by atoms with Crippen molar-refractivity contribution in [3.05, 3.63) is 54.1 Å². The molecule has 2 unspecified atom stereocenters. The zero-order valence-electron chi connectivity index (χ0n) is 15.1. The topological polar surface area (TPSA) is 59.1 Å². The smallest absolute Gasteiger partial charge is 0.333 e. The van der Waals surface area contributed by atoms with E-state index < -0.39 is 6.04 Å². The molecule has 0 saturated carbocycles. The molecule has 3 amide bonds. The molecule has 4 rings (SSSR count). The lowest BCUT2D eigenvalue weighted by Crippen LogP contribution is -2.33. The highest BCUT2D eigenvalue weighted by atomic mass is 32.2. The minimum atomic E-state index is -0.429. The maximum atomic E-state index is 13.1. The molecule has 7 heteroatoms. The summed E-state index contributed by atoms with van der Waals surface area (Å²) in [7, 11) is 1.58. The van der Waals surface area contributed by atoms with Crippen LogP contribution in [0.3, 0.4) is 0 Å². The number of anilines is 1. The highest BCUT2D eigenvalue weighted by molar-refractivity contribution is 7.99. The van der Waals surface area contributed by atoms with E-state index in [0.29, 0.717) is 23.8 Å². The van der Waals surface area contributed by atoms with Crippen LogP contribution in [0.4, 0.5) is 10.5 Å². The number of benzene rings is 2. The highest BCUT2D eigenvalue weighted by Gasteiger charge is 2.53. The van der Waals surface area contributed by atoms with Gasteiger partial charge >= 0.3 is 6.03 Å². The van der Waals surface area contributed by atoms with Gasteiger partial charge in [-0.1, -0.05) is 12.1 Å². The lowest BCUT2D eigenvalue weighted by molar-refractivity contribution is -0.119. The Bertz CT molecular complexity index is 853. The summed E-state index contributed by atoms with van der Waals surface area (Å²) in [6.07, 6.45) is 0. The Morgan fingerprint density at radius 3 is 2.33 bits per heavy atom. The summed E-state index contributed by atoms with van der Waals surface area (Å²) in [5.74, 6) is 1.89. The summed E-state index contributed by atoms with van der Waals surface area (Å²) in [5.41, 5.74) is 1.55. The van der Waals surface area contributed by atoms with Gasteiger partial charge in [0, 0.05) is 5.75 Å². The lowest BCUT2D eigenvalue weighted by Gasteiger charge is -2.23. The minimum Gasteiger partial charge on any atom is -0.497 e. The van der Waals surface area contributed by atoms with Crippen LogP contribution in [-0.2, 0) is 4.79 Å². The summed E-state index contributed by atoms with van der Waals surface area (Å²) in [5, 5.41) is -0.176. The Labute approximate surface area is 162 Å². The van der Waals surface area contributed by atoms with Crippen LogP contribution in [0, 0.1) is 0 Å². The van der Waals surface area contributed by atoms with Gasteiger partial charge in [-0.05, 0) is 48.9 Å². The zero-order valence-corrected chi connectivity index (χ0v) is 15.9. The second-order valence-corrected chi connectivity index (χ2v) is 7.38. The van der Waals surface area contributed by atoms with Gasteiger partial charge in [-0.2, -0.15) is 0 Å². The van der Waals surface area contributed by atoms with Crippen molar-refractivity contribution in [2.45, 2.75) is 18.3 Å². The summed E-state index contributed by atoms with van der Waals surface area (Å²) < 4.78 is 10.6. The molecule has 0 aliphatic carbocycles. The quantitative estimate of drug-likeness (QED) is 0.736. The summed E-state index contributed by atoms with van der Waals surface area (Å²) in [6, 6.07) is 14.0. The molecule has 2 aliphatic rings. The first-order valence-corrected chi connectivity index (χ1v) is 9.83. The van der Waals surface area contributed by atoms with Crippen LogP contribution in [0.5, 0.6) is 11.5 Å². The molecular formula is C20H20N2O4S. The number of carbonyl (C=O) groups excluding carboxylic acids is 2. The fraction of sp³-hybridized carbons (Fsp3) is 0.300. The second kappa shape index (κ2) is 7.15. The molecule has 2 saturated heterocycles.